The van der Waals surface area contributed by atoms with E-state index in [1.54, 1.807) is 24.4 Å². The molecule has 0 spiro atoms. The first kappa shape index (κ1) is 11.4. The van der Waals surface area contributed by atoms with Crippen molar-refractivity contribution < 1.29 is 9.90 Å². The van der Waals surface area contributed by atoms with Crippen LogP contribution >= 0.6 is 11.8 Å². The summed E-state index contributed by atoms with van der Waals surface area (Å²) in [5.74, 6) is -1.03. The topological polar surface area (TPSA) is 89.1 Å². The van der Waals surface area contributed by atoms with E-state index >= 15 is 0 Å². The molecule has 0 atom stereocenters. The average Bonchev–Trinajstić information content (AvgIpc) is 2.30. The number of hydrogen-bond acceptors (Lipinski definition) is 5. The minimum Gasteiger partial charge on any atom is -0.478 e. The van der Waals surface area contributed by atoms with Gasteiger partial charge >= 0.3 is 5.97 Å². The van der Waals surface area contributed by atoms with Crippen LogP contribution in [0.3, 0.4) is 0 Å². The number of rotatable bonds is 3. The van der Waals surface area contributed by atoms with E-state index in [2.05, 4.69) is 9.97 Å². The van der Waals surface area contributed by atoms with Crippen LogP contribution < -0.4 is 5.73 Å². The first-order valence-electron chi connectivity index (χ1n) is 4.73. The monoisotopic (exact) mass is 247 g/mol. The van der Waals surface area contributed by atoms with E-state index in [0.717, 1.165) is 9.92 Å². The average molecular weight is 247 g/mol. The zero-order valence-electron chi connectivity index (χ0n) is 8.70. The van der Waals surface area contributed by atoms with Crippen LogP contribution in [0.5, 0.6) is 0 Å². The smallest absolute Gasteiger partial charge is 0.337 e. The van der Waals surface area contributed by atoms with Gasteiger partial charge in [0.15, 0.2) is 0 Å². The molecular formula is C11H9N3O2S. The van der Waals surface area contributed by atoms with Crippen LogP contribution in [0.15, 0.2) is 46.7 Å². The van der Waals surface area contributed by atoms with Crippen molar-refractivity contribution >= 4 is 23.4 Å². The quantitative estimate of drug-likeness (QED) is 0.636. The molecule has 1 heterocycles. The molecule has 6 heteroatoms. The lowest BCUT2D eigenvalue weighted by Gasteiger charge is -2.04. The van der Waals surface area contributed by atoms with E-state index in [1.165, 1.54) is 24.2 Å². The molecule has 0 amide bonds. The fourth-order valence-corrected chi connectivity index (χ4v) is 2.05. The van der Waals surface area contributed by atoms with Crippen molar-refractivity contribution in [2.24, 2.45) is 0 Å². The molecule has 2 aromatic rings. The maximum absolute atomic E-state index is 10.8. The van der Waals surface area contributed by atoms with Crippen molar-refractivity contribution in [1.29, 1.82) is 0 Å². The second-order valence-corrected chi connectivity index (χ2v) is 4.30. The number of aromatic nitrogens is 2. The molecule has 0 radical (unpaired) electrons. The molecule has 0 aliphatic carbocycles. The van der Waals surface area contributed by atoms with Crippen LogP contribution in [0.4, 0.5) is 5.69 Å². The summed E-state index contributed by atoms with van der Waals surface area (Å²) in [5.41, 5.74) is 6.00. The van der Waals surface area contributed by atoms with Gasteiger partial charge in [-0.25, -0.2) is 14.8 Å². The Morgan fingerprint density at radius 1 is 1.35 bits per heavy atom. The van der Waals surface area contributed by atoms with Gasteiger partial charge in [-0.15, -0.1) is 0 Å². The highest BCUT2D eigenvalue weighted by atomic mass is 32.2. The molecule has 5 nitrogen and oxygen atoms in total. The van der Waals surface area contributed by atoms with Crippen LogP contribution in [-0.2, 0) is 0 Å². The van der Waals surface area contributed by atoms with Crippen molar-refractivity contribution in [2.75, 3.05) is 5.73 Å². The number of anilines is 1. The first-order valence-corrected chi connectivity index (χ1v) is 5.55. The Morgan fingerprint density at radius 2 is 2.18 bits per heavy atom. The molecular weight excluding hydrogens is 238 g/mol. The number of carboxylic acids is 1. The Balaban J connectivity index is 2.24. The number of nitrogens with zero attached hydrogens (tertiary/aromatic N) is 2. The number of aromatic carboxylic acids is 1. The zero-order valence-corrected chi connectivity index (χ0v) is 9.52. The zero-order chi connectivity index (χ0) is 12.3. The van der Waals surface area contributed by atoms with Crippen molar-refractivity contribution in [3.8, 4) is 0 Å². The molecule has 0 aliphatic heterocycles. The van der Waals surface area contributed by atoms with Crippen molar-refractivity contribution in [1.82, 2.24) is 9.97 Å². The van der Waals surface area contributed by atoms with Gasteiger partial charge in [-0.3, -0.25) is 0 Å². The van der Waals surface area contributed by atoms with Crippen molar-refractivity contribution in [3.05, 3.63) is 42.4 Å². The largest absolute Gasteiger partial charge is 0.478 e. The van der Waals surface area contributed by atoms with Gasteiger partial charge in [-0.05, 0) is 24.3 Å². The molecule has 2 rings (SSSR count). The highest BCUT2D eigenvalue weighted by Gasteiger charge is 2.08. The van der Waals surface area contributed by atoms with E-state index in [4.69, 9.17) is 10.8 Å². The molecule has 86 valence electrons. The van der Waals surface area contributed by atoms with Gasteiger partial charge in [-0.2, -0.15) is 0 Å². The maximum atomic E-state index is 10.8. The Bertz CT molecular complexity index is 546. The SMILES string of the molecule is Nc1cc(Sc2ccncn2)ccc1C(=O)O. The van der Waals surface area contributed by atoms with Crippen LogP contribution in [0, 0.1) is 0 Å². The van der Waals surface area contributed by atoms with E-state index in [0.29, 0.717) is 0 Å². The summed E-state index contributed by atoms with van der Waals surface area (Å²) in [6.07, 6.45) is 3.10. The maximum Gasteiger partial charge on any atom is 0.337 e. The Hall–Kier alpha value is -2.08. The Labute approximate surface area is 102 Å². The molecule has 1 aromatic carbocycles. The highest BCUT2D eigenvalue weighted by molar-refractivity contribution is 7.99. The first-order chi connectivity index (χ1) is 8.16. The van der Waals surface area contributed by atoms with Gasteiger partial charge in [0.25, 0.3) is 0 Å². The predicted molar refractivity (Wildman–Crippen MR) is 64.0 cm³/mol. The lowest BCUT2D eigenvalue weighted by molar-refractivity contribution is 0.0698. The number of nitrogens with two attached hydrogens (primary N) is 1. The van der Waals surface area contributed by atoms with Gasteiger partial charge in [0.05, 0.1) is 5.56 Å². The summed E-state index contributed by atoms with van der Waals surface area (Å²) in [6, 6.07) is 6.58. The second-order valence-electron chi connectivity index (χ2n) is 3.20. The summed E-state index contributed by atoms with van der Waals surface area (Å²) >= 11 is 1.40. The third-order valence-electron chi connectivity index (χ3n) is 2.03. The van der Waals surface area contributed by atoms with Gasteiger partial charge in [-0.1, -0.05) is 11.8 Å². The fourth-order valence-electron chi connectivity index (χ4n) is 1.26. The van der Waals surface area contributed by atoms with E-state index < -0.39 is 5.97 Å². The molecule has 0 unspecified atom stereocenters. The molecule has 0 aliphatic rings. The molecule has 0 saturated heterocycles. The third-order valence-corrected chi connectivity index (χ3v) is 2.97. The lowest BCUT2D eigenvalue weighted by atomic mass is 10.2. The molecule has 1 aromatic heterocycles. The van der Waals surface area contributed by atoms with Crippen LogP contribution in [0.25, 0.3) is 0 Å². The standard InChI is InChI=1S/C11H9N3O2S/c12-9-5-7(1-2-8(9)11(15)16)17-10-3-4-13-6-14-10/h1-6H,12H2,(H,15,16). The number of nitrogen functional groups attached to an aromatic ring is 1. The summed E-state index contributed by atoms with van der Waals surface area (Å²) < 4.78 is 0. The Kier molecular flexibility index (Phi) is 3.24. The third kappa shape index (κ3) is 2.73. The second kappa shape index (κ2) is 4.84. The van der Waals surface area contributed by atoms with Crippen molar-refractivity contribution in [2.45, 2.75) is 9.92 Å². The minimum absolute atomic E-state index is 0.108. The van der Waals surface area contributed by atoms with Crippen molar-refractivity contribution in [3.63, 3.8) is 0 Å². The predicted octanol–water partition coefficient (Wildman–Crippen LogP) is 1.91. The van der Waals surface area contributed by atoms with Gasteiger partial charge < -0.3 is 10.8 Å². The molecule has 3 N–H and O–H groups in total. The van der Waals surface area contributed by atoms with Gasteiger partial charge in [0, 0.05) is 16.8 Å². The molecule has 0 fully saturated rings. The highest BCUT2D eigenvalue weighted by Crippen LogP contribution is 2.28. The van der Waals surface area contributed by atoms with Crippen LogP contribution in [-0.4, -0.2) is 21.0 Å². The van der Waals surface area contributed by atoms with E-state index in [-0.39, 0.29) is 11.3 Å². The lowest BCUT2D eigenvalue weighted by Crippen LogP contribution is -2.01. The molecule has 0 saturated carbocycles. The number of carbonyl (C=O) groups is 1. The van der Waals surface area contributed by atoms with Gasteiger partial charge in [0.1, 0.15) is 11.4 Å². The Morgan fingerprint density at radius 3 is 2.76 bits per heavy atom. The normalized spacial score (nSPS) is 10.1. The molecule has 0 bridgehead atoms. The van der Waals surface area contributed by atoms with Gasteiger partial charge in [0.2, 0.25) is 0 Å². The summed E-state index contributed by atoms with van der Waals surface area (Å²) in [7, 11) is 0. The van der Waals surface area contributed by atoms with E-state index in [1.807, 2.05) is 0 Å². The summed E-state index contributed by atoms with van der Waals surface area (Å²) in [6.45, 7) is 0. The minimum atomic E-state index is -1.03. The van der Waals surface area contributed by atoms with Crippen LogP contribution in [0.2, 0.25) is 0 Å². The summed E-state index contributed by atoms with van der Waals surface area (Å²) in [5, 5.41) is 9.62. The van der Waals surface area contributed by atoms with E-state index in [9.17, 15) is 4.79 Å². The molecule has 17 heavy (non-hydrogen) atoms. The van der Waals surface area contributed by atoms with Crippen LogP contribution in [0.1, 0.15) is 10.4 Å². The number of hydrogen-bond donors (Lipinski definition) is 2. The number of benzene rings is 1. The number of carboxylic acid groups (broad SMARTS) is 1. The summed E-state index contributed by atoms with van der Waals surface area (Å²) in [4.78, 5) is 19.5. The fraction of sp³-hybridized carbons (Fsp3) is 0.